The van der Waals surface area contributed by atoms with Crippen molar-refractivity contribution in [2.45, 2.75) is 32.1 Å². The van der Waals surface area contributed by atoms with Gasteiger partial charge in [0.2, 0.25) is 0 Å². The smallest absolute Gasteiger partial charge is 0.0961 e. The van der Waals surface area contributed by atoms with Crippen LogP contribution in [0.15, 0.2) is 22.0 Å². The first-order chi connectivity index (χ1) is 5.65. The van der Waals surface area contributed by atoms with Gasteiger partial charge in [0.05, 0.1) is 13.9 Å². The standard InChI is InChI=1S/C8H14BN3/c1-5-3-7(9)4-6(2)8(5)11-12-10/h3,6-8H,4H2,1-2H3,(H2,10,11). The third-order valence-corrected chi connectivity index (χ3v) is 2.32. The summed E-state index contributed by atoms with van der Waals surface area (Å²) in [6, 6.07) is 0.134. The molecule has 0 aromatic carbocycles. The van der Waals surface area contributed by atoms with Gasteiger partial charge in [-0.15, -0.1) is 0 Å². The minimum Gasteiger partial charge on any atom is -0.305 e. The van der Waals surface area contributed by atoms with Gasteiger partial charge in [-0.1, -0.05) is 29.6 Å². The lowest BCUT2D eigenvalue weighted by Crippen LogP contribution is -2.23. The van der Waals surface area contributed by atoms with Crippen LogP contribution < -0.4 is 5.84 Å². The van der Waals surface area contributed by atoms with E-state index in [0.717, 1.165) is 6.42 Å². The van der Waals surface area contributed by atoms with Crippen molar-refractivity contribution in [2.24, 2.45) is 22.1 Å². The maximum Gasteiger partial charge on any atom is 0.0961 e. The van der Waals surface area contributed by atoms with E-state index in [1.165, 1.54) is 5.57 Å². The van der Waals surface area contributed by atoms with Crippen LogP contribution in [0, 0.1) is 5.92 Å². The Balaban J connectivity index is 2.78. The zero-order valence-corrected chi connectivity index (χ0v) is 7.57. The van der Waals surface area contributed by atoms with Gasteiger partial charge in [0.1, 0.15) is 0 Å². The molecule has 0 amide bonds. The second kappa shape index (κ2) is 3.74. The fraction of sp³-hybridized carbons (Fsp3) is 0.750. The minimum absolute atomic E-state index is 0.134. The molecule has 1 aliphatic rings. The summed E-state index contributed by atoms with van der Waals surface area (Å²) in [7, 11) is 5.79. The molecule has 2 radical (unpaired) electrons. The Morgan fingerprint density at radius 1 is 1.67 bits per heavy atom. The van der Waals surface area contributed by atoms with Crippen molar-refractivity contribution in [3.05, 3.63) is 11.6 Å². The minimum atomic E-state index is 0.134. The van der Waals surface area contributed by atoms with Crippen molar-refractivity contribution in [1.82, 2.24) is 0 Å². The summed E-state index contributed by atoms with van der Waals surface area (Å²) in [5.41, 5.74) is 1.18. The van der Waals surface area contributed by atoms with Gasteiger partial charge >= 0.3 is 0 Å². The molecular weight excluding hydrogens is 149 g/mol. The fourth-order valence-corrected chi connectivity index (χ4v) is 1.79. The van der Waals surface area contributed by atoms with Gasteiger partial charge in [0, 0.05) is 0 Å². The maximum atomic E-state index is 5.79. The molecule has 2 N–H and O–H groups in total. The van der Waals surface area contributed by atoms with E-state index >= 15 is 0 Å². The fourth-order valence-electron chi connectivity index (χ4n) is 1.79. The Hall–Kier alpha value is -0.795. The SMILES string of the molecule is [B]C1C=C(C)C(N=NN)C(C)C1. The predicted octanol–water partition coefficient (Wildman–Crippen LogP) is 1.62. The first-order valence-corrected chi connectivity index (χ1v) is 4.19. The van der Waals surface area contributed by atoms with E-state index in [1.54, 1.807) is 0 Å². The largest absolute Gasteiger partial charge is 0.305 e. The molecule has 3 unspecified atom stereocenters. The molecule has 0 bridgehead atoms. The summed E-state index contributed by atoms with van der Waals surface area (Å²) in [6.45, 7) is 4.14. The number of hydrogen-bond acceptors (Lipinski definition) is 2. The predicted molar refractivity (Wildman–Crippen MR) is 49.9 cm³/mol. The summed E-state index contributed by atoms with van der Waals surface area (Å²) >= 11 is 0. The Morgan fingerprint density at radius 3 is 2.83 bits per heavy atom. The molecule has 1 aliphatic carbocycles. The van der Waals surface area contributed by atoms with Crippen LogP contribution in [0.5, 0.6) is 0 Å². The van der Waals surface area contributed by atoms with Gasteiger partial charge < -0.3 is 5.84 Å². The van der Waals surface area contributed by atoms with Crippen molar-refractivity contribution in [1.29, 1.82) is 0 Å². The van der Waals surface area contributed by atoms with E-state index in [2.05, 4.69) is 17.3 Å². The van der Waals surface area contributed by atoms with Crippen LogP contribution in [0.25, 0.3) is 0 Å². The summed E-state index contributed by atoms with van der Waals surface area (Å²) in [6.07, 6.45) is 3.00. The zero-order chi connectivity index (χ0) is 9.14. The van der Waals surface area contributed by atoms with Gasteiger partial charge in [0.25, 0.3) is 0 Å². The molecule has 0 saturated carbocycles. The lowest BCUT2D eigenvalue weighted by atomic mass is 9.72. The van der Waals surface area contributed by atoms with Gasteiger partial charge in [-0.2, -0.15) is 5.11 Å². The zero-order valence-electron chi connectivity index (χ0n) is 7.57. The lowest BCUT2D eigenvalue weighted by Gasteiger charge is -2.27. The second-order valence-corrected chi connectivity index (χ2v) is 3.46. The molecule has 0 saturated heterocycles. The van der Waals surface area contributed by atoms with E-state index in [1.807, 2.05) is 13.0 Å². The number of rotatable bonds is 1. The van der Waals surface area contributed by atoms with E-state index in [-0.39, 0.29) is 11.9 Å². The Kier molecular flexibility index (Phi) is 2.90. The Bertz CT molecular complexity index is 212. The van der Waals surface area contributed by atoms with Crippen LogP contribution >= 0.6 is 0 Å². The average Bonchev–Trinajstić information content (AvgIpc) is 1.96. The normalized spacial score (nSPS) is 36.8. The highest BCUT2D eigenvalue weighted by molar-refractivity contribution is 6.13. The maximum absolute atomic E-state index is 5.79. The molecule has 0 fully saturated rings. The highest BCUT2D eigenvalue weighted by atomic mass is 15.3. The number of hydrogen-bond donors (Lipinski definition) is 1. The van der Waals surface area contributed by atoms with Gasteiger partial charge in [0.15, 0.2) is 0 Å². The highest BCUT2D eigenvalue weighted by Crippen LogP contribution is 2.31. The van der Waals surface area contributed by atoms with Crippen LogP contribution in [0.2, 0.25) is 5.82 Å². The number of nitrogens with zero attached hydrogens (tertiary/aromatic N) is 2. The Labute approximate surface area is 74.5 Å². The van der Waals surface area contributed by atoms with E-state index in [0.29, 0.717) is 5.92 Å². The van der Waals surface area contributed by atoms with Crippen molar-refractivity contribution in [3.8, 4) is 0 Å². The quantitative estimate of drug-likeness (QED) is 0.206. The summed E-state index contributed by atoms with van der Waals surface area (Å²) in [4.78, 5) is 0. The Morgan fingerprint density at radius 2 is 2.33 bits per heavy atom. The topological polar surface area (TPSA) is 50.7 Å². The molecule has 12 heavy (non-hydrogen) atoms. The number of allylic oxidation sites excluding steroid dienone is 1. The highest BCUT2D eigenvalue weighted by Gasteiger charge is 2.24. The molecule has 0 aromatic rings. The first kappa shape index (κ1) is 9.29. The molecule has 64 valence electrons. The molecule has 0 aromatic heterocycles. The van der Waals surface area contributed by atoms with Gasteiger partial charge in [-0.25, -0.2) is 0 Å². The first-order valence-electron chi connectivity index (χ1n) is 4.19. The summed E-state index contributed by atoms with van der Waals surface area (Å²) in [5.74, 6) is 5.63. The third kappa shape index (κ3) is 1.87. The second-order valence-electron chi connectivity index (χ2n) is 3.46. The summed E-state index contributed by atoms with van der Waals surface area (Å²) < 4.78 is 0. The number of nitrogens with two attached hydrogens (primary N) is 1. The molecule has 0 aliphatic heterocycles. The van der Waals surface area contributed by atoms with Gasteiger partial charge in [-0.3, -0.25) is 0 Å². The van der Waals surface area contributed by atoms with E-state index in [4.69, 9.17) is 13.7 Å². The average molecular weight is 163 g/mol. The molecular formula is C8H14BN3. The van der Waals surface area contributed by atoms with Crippen molar-refractivity contribution in [2.75, 3.05) is 0 Å². The molecule has 3 atom stereocenters. The lowest BCUT2D eigenvalue weighted by molar-refractivity contribution is 0.435. The van der Waals surface area contributed by atoms with Crippen molar-refractivity contribution >= 4 is 7.85 Å². The van der Waals surface area contributed by atoms with E-state index < -0.39 is 0 Å². The van der Waals surface area contributed by atoms with Crippen LogP contribution in [-0.4, -0.2) is 13.9 Å². The molecule has 0 heterocycles. The third-order valence-electron chi connectivity index (χ3n) is 2.32. The van der Waals surface area contributed by atoms with E-state index in [9.17, 15) is 0 Å². The van der Waals surface area contributed by atoms with Gasteiger partial charge in [-0.05, 0) is 19.3 Å². The van der Waals surface area contributed by atoms with Crippen LogP contribution in [0.1, 0.15) is 20.3 Å². The monoisotopic (exact) mass is 163 g/mol. The summed E-state index contributed by atoms with van der Waals surface area (Å²) in [5, 5.41) is 7.29. The van der Waals surface area contributed by atoms with Crippen LogP contribution in [0.4, 0.5) is 0 Å². The van der Waals surface area contributed by atoms with Crippen molar-refractivity contribution < 1.29 is 0 Å². The molecule has 3 nitrogen and oxygen atoms in total. The molecule has 0 spiro atoms. The van der Waals surface area contributed by atoms with Crippen molar-refractivity contribution in [3.63, 3.8) is 0 Å². The molecule has 4 heteroatoms. The van der Waals surface area contributed by atoms with Crippen LogP contribution in [-0.2, 0) is 0 Å². The molecule has 1 rings (SSSR count). The van der Waals surface area contributed by atoms with Crippen LogP contribution in [0.3, 0.4) is 0 Å².